The lowest BCUT2D eigenvalue weighted by atomic mass is 10.0. The van der Waals surface area contributed by atoms with Gasteiger partial charge in [0.15, 0.2) is 11.5 Å². The average Bonchev–Trinajstić information content (AvgIpc) is 3.02. The molecular weight excluding hydrogens is 553 g/mol. The highest BCUT2D eigenvalue weighted by atomic mass is 31.3. The van der Waals surface area contributed by atoms with Crippen LogP contribution in [0, 0.1) is 5.41 Å². The van der Waals surface area contributed by atoms with E-state index in [1.165, 1.54) is 17.0 Å². The van der Waals surface area contributed by atoms with Crippen LogP contribution in [-0.2, 0) is 41.1 Å². The molecule has 1 saturated heterocycles. The number of nitrogens with zero attached hydrogens (tertiary/aromatic N) is 4. The molecule has 198 valence electrons. The molecule has 1 aliphatic heterocycles. The number of carbonyl (C=O) groups excluding carboxylic acids is 1. The number of imidazole rings is 1. The molecule has 2 fully saturated rings. The summed E-state index contributed by atoms with van der Waals surface area (Å²) in [6, 6.07) is 0. The minimum Gasteiger partial charge on any atom is -0.435 e. The lowest BCUT2D eigenvalue weighted by Crippen LogP contribution is -2.17. The fourth-order valence-corrected chi connectivity index (χ4v) is 7.03. The topological polar surface area (TPSA) is 291 Å². The van der Waals surface area contributed by atoms with Gasteiger partial charge in [0.2, 0.25) is 5.95 Å². The summed E-state index contributed by atoms with van der Waals surface area (Å²) in [5.74, 6) is -0.766. The molecule has 0 amide bonds. The van der Waals surface area contributed by atoms with Gasteiger partial charge in [0, 0.05) is 13.3 Å². The molecular formula is C14H19N6O13P3. The van der Waals surface area contributed by atoms with Gasteiger partial charge in [-0.05, 0) is 6.08 Å². The largest absolute Gasteiger partial charge is 0.490 e. The number of esters is 1. The summed E-state index contributed by atoms with van der Waals surface area (Å²) in [6.07, 6.45) is 0.642. The number of phosphoric ester groups is 1. The van der Waals surface area contributed by atoms with Gasteiger partial charge in [-0.15, -0.1) is 0 Å². The van der Waals surface area contributed by atoms with Gasteiger partial charge < -0.3 is 40.5 Å². The molecule has 0 radical (unpaired) electrons. The average molecular weight is 572 g/mol. The first-order valence-corrected chi connectivity index (χ1v) is 14.1. The molecule has 22 heteroatoms. The zero-order valence-corrected chi connectivity index (χ0v) is 20.6. The third kappa shape index (κ3) is 5.51. The van der Waals surface area contributed by atoms with E-state index >= 15 is 0 Å². The van der Waals surface area contributed by atoms with Gasteiger partial charge in [-0.1, -0.05) is 0 Å². The summed E-state index contributed by atoms with van der Waals surface area (Å²) in [5.41, 5.74) is 10.7. The van der Waals surface area contributed by atoms with E-state index in [2.05, 4.69) is 23.6 Å². The Morgan fingerprint density at radius 1 is 1.19 bits per heavy atom. The fourth-order valence-electron chi connectivity index (χ4n) is 3.78. The predicted molar refractivity (Wildman–Crippen MR) is 115 cm³/mol. The Hall–Kier alpha value is -2.27. The molecule has 2 aromatic heterocycles. The summed E-state index contributed by atoms with van der Waals surface area (Å²) in [4.78, 5) is 59.7. The first-order chi connectivity index (χ1) is 16.5. The molecule has 36 heavy (non-hydrogen) atoms. The van der Waals surface area contributed by atoms with Crippen LogP contribution in [-0.4, -0.2) is 57.3 Å². The number of nitrogen functional groups attached to an aromatic ring is 2. The van der Waals surface area contributed by atoms with Crippen molar-refractivity contribution in [1.82, 2.24) is 19.5 Å². The van der Waals surface area contributed by atoms with Crippen LogP contribution in [0.4, 0.5) is 11.8 Å². The molecule has 19 nitrogen and oxygen atoms in total. The lowest BCUT2D eigenvalue weighted by molar-refractivity contribution is -0.135. The number of rotatable bonds is 9. The molecule has 3 heterocycles. The van der Waals surface area contributed by atoms with Crippen LogP contribution >= 0.6 is 23.5 Å². The number of nitrogens with two attached hydrogens (primary N) is 2. The van der Waals surface area contributed by atoms with Gasteiger partial charge in [0.25, 0.3) is 0 Å². The van der Waals surface area contributed by atoms with Gasteiger partial charge in [-0.3, -0.25) is 13.9 Å². The van der Waals surface area contributed by atoms with Crippen molar-refractivity contribution in [3.05, 3.63) is 18.7 Å². The molecule has 0 aromatic carbocycles. The number of carbonyl (C=O) groups is 1. The van der Waals surface area contributed by atoms with E-state index in [-0.39, 0.29) is 29.4 Å². The van der Waals surface area contributed by atoms with Crippen LogP contribution in [0.3, 0.4) is 0 Å². The number of fused-ring (bicyclic) bond motifs is 2. The molecule has 2 aromatic rings. The van der Waals surface area contributed by atoms with E-state index in [4.69, 9.17) is 35.3 Å². The number of ether oxygens (including phenoxy) is 2. The van der Waals surface area contributed by atoms with Gasteiger partial charge in [0.05, 0.1) is 24.1 Å². The van der Waals surface area contributed by atoms with Crippen molar-refractivity contribution < 1.29 is 60.7 Å². The molecule has 0 spiro atoms. The summed E-state index contributed by atoms with van der Waals surface area (Å²) >= 11 is 0. The molecule has 8 N–H and O–H groups in total. The molecule has 4 rings (SSSR count). The maximum absolute atomic E-state index is 12.3. The Labute approximate surface area is 200 Å². The van der Waals surface area contributed by atoms with Crippen LogP contribution in [0.25, 0.3) is 11.2 Å². The summed E-state index contributed by atoms with van der Waals surface area (Å²) in [7, 11) is -16.7. The van der Waals surface area contributed by atoms with Crippen molar-refractivity contribution in [2.45, 2.75) is 31.8 Å². The zero-order valence-electron chi connectivity index (χ0n) is 17.9. The Kier molecular flexibility index (Phi) is 6.65. The highest BCUT2D eigenvalue weighted by Crippen LogP contribution is 2.71. The van der Waals surface area contributed by atoms with Crippen LogP contribution in [0.1, 0.15) is 19.6 Å². The Balaban J connectivity index is 1.56. The second-order valence-corrected chi connectivity index (χ2v) is 12.0. The minimum absolute atomic E-state index is 0.0190. The summed E-state index contributed by atoms with van der Waals surface area (Å²) < 4.78 is 59.3. The highest BCUT2D eigenvalue weighted by Gasteiger charge is 2.73. The SMILES string of the molecule is CC(=O)OC=CC12CC(n3cnc4c(N)nc(N)nc43)OC1C2OP(=O)(O)OP(=O)(O)OP(=O)(O)O. The first-order valence-electron chi connectivity index (χ1n) is 9.60. The number of anilines is 2. The maximum atomic E-state index is 12.3. The Morgan fingerprint density at radius 2 is 1.89 bits per heavy atom. The van der Waals surface area contributed by atoms with Gasteiger partial charge in [-0.2, -0.15) is 18.6 Å². The first kappa shape index (κ1) is 26.8. The van der Waals surface area contributed by atoms with Gasteiger partial charge in [0.1, 0.15) is 17.8 Å². The normalized spacial score (nSPS) is 29.1. The predicted octanol–water partition coefficient (Wildman–Crippen LogP) is 0.0669. The van der Waals surface area contributed by atoms with Crippen molar-refractivity contribution in [2.24, 2.45) is 5.41 Å². The zero-order chi connectivity index (χ0) is 26.7. The fraction of sp³-hybridized carbons (Fsp3) is 0.429. The molecule has 1 aliphatic carbocycles. The third-order valence-electron chi connectivity index (χ3n) is 5.11. The molecule has 6 atom stereocenters. The molecule has 1 saturated carbocycles. The molecule has 2 aliphatic rings. The van der Waals surface area contributed by atoms with Crippen molar-refractivity contribution in [1.29, 1.82) is 0 Å². The lowest BCUT2D eigenvalue weighted by Gasteiger charge is -2.21. The van der Waals surface area contributed by atoms with E-state index in [0.29, 0.717) is 0 Å². The van der Waals surface area contributed by atoms with Crippen molar-refractivity contribution in [3.8, 4) is 0 Å². The monoisotopic (exact) mass is 572 g/mol. The van der Waals surface area contributed by atoms with E-state index in [0.717, 1.165) is 13.2 Å². The number of aromatic nitrogens is 4. The van der Waals surface area contributed by atoms with Crippen molar-refractivity contribution >= 4 is 52.4 Å². The second kappa shape index (κ2) is 8.93. The van der Waals surface area contributed by atoms with E-state index in [9.17, 15) is 28.3 Å². The van der Waals surface area contributed by atoms with Crippen LogP contribution in [0.15, 0.2) is 18.7 Å². The second-order valence-electron chi connectivity index (χ2n) is 7.65. The highest BCUT2D eigenvalue weighted by molar-refractivity contribution is 7.66. The maximum Gasteiger partial charge on any atom is 0.490 e. The number of phosphoric acid groups is 3. The quantitative estimate of drug-likeness (QED) is 0.131. The molecule has 6 unspecified atom stereocenters. The van der Waals surface area contributed by atoms with E-state index in [1.54, 1.807) is 0 Å². The van der Waals surface area contributed by atoms with Crippen LogP contribution in [0.5, 0.6) is 0 Å². The van der Waals surface area contributed by atoms with Crippen LogP contribution < -0.4 is 11.5 Å². The summed E-state index contributed by atoms with van der Waals surface area (Å²) in [6.45, 7) is 1.13. The number of hydrogen-bond acceptors (Lipinski definition) is 14. The third-order valence-corrected chi connectivity index (χ3v) is 8.93. The molecule has 0 bridgehead atoms. The smallest absolute Gasteiger partial charge is 0.435 e. The summed E-state index contributed by atoms with van der Waals surface area (Å²) in [5, 5.41) is 0. The Morgan fingerprint density at radius 3 is 2.53 bits per heavy atom. The minimum atomic E-state index is -5.72. The van der Waals surface area contributed by atoms with Gasteiger partial charge in [-0.25, -0.2) is 18.7 Å². The Bertz CT molecular complexity index is 1390. The van der Waals surface area contributed by atoms with Crippen molar-refractivity contribution in [2.75, 3.05) is 11.5 Å². The van der Waals surface area contributed by atoms with Gasteiger partial charge >= 0.3 is 29.4 Å². The van der Waals surface area contributed by atoms with Crippen molar-refractivity contribution in [3.63, 3.8) is 0 Å². The van der Waals surface area contributed by atoms with Crippen LogP contribution in [0.2, 0.25) is 0 Å². The van der Waals surface area contributed by atoms with E-state index in [1.807, 2.05) is 0 Å². The number of hydrogen-bond donors (Lipinski definition) is 6. The van der Waals surface area contributed by atoms with E-state index < -0.39 is 53.3 Å². The standard InChI is InChI=1S/C14H19N6O13P3/c1-6(21)29-3-2-14-4-7(20-5-17-8-11(15)18-13(16)19-12(8)20)30-9(14)10(14)31-35(25,26)33-36(27,28)32-34(22,23)24/h2-3,5,7,9-10H,4H2,1H3,(H,25,26)(H,27,28)(H2,22,23,24)(H4,15,16,18,19).